The number of benzene rings is 2. The Kier molecular flexibility index (Phi) is 3.39. The Morgan fingerprint density at radius 3 is 2.80 bits per heavy atom. The Labute approximate surface area is 140 Å². The van der Waals surface area contributed by atoms with Crippen molar-refractivity contribution in [3.05, 3.63) is 80.5 Å². The summed E-state index contributed by atoms with van der Waals surface area (Å²) in [4.78, 5) is 30.4. The number of nitro benzene ring substituents is 1. The number of hydrogen-bond acceptors (Lipinski definition) is 5. The van der Waals surface area contributed by atoms with E-state index in [2.05, 4.69) is 9.97 Å². The summed E-state index contributed by atoms with van der Waals surface area (Å²) < 4.78 is 5.40. The first-order valence-corrected chi connectivity index (χ1v) is 7.44. The standard InChI is InChI=1S/C18H11N3O4/c22-18-11(5-8-17-19-14-3-1-2-4-15(14)20-17)10-25-16-7-6-12(21(23)24)9-13(16)18/h1-10H,(H,19,20)/b8-5+. The maximum absolute atomic E-state index is 12.5. The van der Waals surface area contributed by atoms with Crippen LogP contribution in [-0.4, -0.2) is 14.9 Å². The third-order valence-electron chi connectivity index (χ3n) is 3.82. The molecule has 0 saturated heterocycles. The van der Waals surface area contributed by atoms with Crippen LogP contribution < -0.4 is 5.43 Å². The Morgan fingerprint density at radius 1 is 1.16 bits per heavy atom. The van der Waals surface area contributed by atoms with Crippen LogP contribution >= 0.6 is 0 Å². The Bertz CT molecular complexity index is 1170. The van der Waals surface area contributed by atoms with Gasteiger partial charge in [-0.1, -0.05) is 12.1 Å². The maximum Gasteiger partial charge on any atom is 0.270 e. The summed E-state index contributed by atoms with van der Waals surface area (Å²) in [5.41, 5.74) is 1.81. The number of non-ortho nitro benzene ring substituents is 1. The van der Waals surface area contributed by atoms with E-state index in [1.807, 2.05) is 24.3 Å². The lowest BCUT2D eigenvalue weighted by atomic mass is 10.1. The average Bonchev–Trinajstić information content (AvgIpc) is 3.04. The van der Waals surface area contributed by atoms with E-state index in [1.165, 1.54) is 24.5 Å². The van der Waals surface area contributed by atoms with Gasteiger partial charge in [-0.05, 0) is 30.4 Å². The van der Waals surface area contributed by atoms with Crippen LogP contribution in [0.1, 0.15) is 11.4 Å². The van der Waals surface area contributed by atoms with Crippen LogP contribution in [0.3, 0.4) is 0 Å². The SMILES string of the molecule is O=c1c(/C=C/c2nc3ccccc3[nH]2)coc2ccc([N+](=O)[O-])cc12. The van der Waals surface area contributed by atoms with Crippen molar-refractivity contribution in [3.8, 4) is 0 Å². The van der Waals surface area contributed by atoms with Crippen LogP contribution in [0.4, 0.5) is 5.69 Å². The molecular weight excluding hydrogens is 322 g/mol. The zero-order valence-corrected chi connectivity index (χ0v) is 12.8. The van der Waals surface area contributed by atoms with Gasteiger partial charge in [0.15, 0.2) is 5.43 Å². The van der Waals surface area contributed by atoms with Crippen molar-refractivity contribution in [3.63, 3.8) is 0 Å². The first-order chi connectivity index (χ1) is 12.1. The van der Waals surface area contributed by atoms with Gasteiger partial charge in [0.2, 0.25) is 0 Å². The molecule has 0 saturated carbocycles. The minimum Gasteiger partial charge on any atom is -0.463 e. The van der Waals surface area contributed by atoms with Crippen LogP contribution in [0.15, 0.2) is 57.9 Å². The molecule has 0 spiro atoms. The molecule has 2 heterocycles. The van der Waals surface area contributed by atoms with Crippen molar-refractivity contribution < 1.29 is 9.34 Å². The lowest BCUT2D eigenvalue weighted by Crippen LogP contribution is -2.05. The third-order valence-corrected chi connectivity index (χ3v) is 3.82. The highest BCUT2D eigenvalue weighted by Gasteiger charge is 2.11. The number of fused-ring (bicyclic) bond motifs is 2. The quantitative estimate of drug-likeness (QED) is 0.454. The van der Waals surface area contributed by atoms with Crippen LogP contribution in [-0.2, 0) is 0 Å². The van der Waals surface area contributed by atoms with Crippen LogP contribution in [0.5, 0.6) is 0 Å². The molecule has 1 N–H and O–H groups in total. The topological polar surface area (TPSA) is 102 Å². The van der Waals surface area contributed by atoms with Crippen molar-refractivity contribution in [2.45, 2.75) is 0 Å². The molecule has 4 aromatic rings. The highest BCUT2D eigenvalue weighted by Crippen LogP contribution is 2.19. The summed E-state index contributed by atoms with van der Waals surface area (Å²) in [7, 11) is 0. The molecule has 2 aromatic heterocycles. The van der Waals surface area contributed by atoms with E-state index in [0.717, 1.165) is 11.0 Å². The maximum atomic E-state index is 12.5. The predicted octanol–water partition coefficient (Wildman–Crippen LogP) is 3.75. The second-order valence-corrected chi connectivity index (χ2v) is 5.43. The van der Waals surface area contributed by atoms with E-state index in [9.17, 15) is 14.9 Å². The van der Waals surface area contributed by atoms with Crippen LogP contribution in [0.25, 0.3) is 34.2 Å². The minimum atomic E-state index is -0.546. The molecule has 0 bridgehead atoms. The molecule has 4 rings (SSSR count). The molecule has 7 nitrogen and oxygen atoms in total. The number of nitrogens with one attached hydrogen (secondary N) is 1. The lowest BCUT2D eigenvalue weighted by molar-refractivity contribution is -0.384. The minimum absolute atomic E-state index is 0.154. The highest BCUT2D eigenvalue weighted by atomic mass is 16.6. The molecule has 0 unspecified atom stereocenters. The molecule has 0 aliphatic carbocycles. The van der Waals surface area contributed by atoms with Crippen LogP contribution in [0.2, 0.25) is 0 Å². The molecule has 0 radical (unpaired) electrons. The largest absolute Gasteiger partial charge is 0.463 e. The molecule has 2 aromatic carbocycles. The lowest BCUT2D eigenvalue weighted by Gasteiger charge is -1.98. The number of imidazole rings is 1. The first-order valence-electron chi connectivity index (χ1n) is 7.44. The van der Waals surface area contributed by atoms with E-state index in [0.29, 0.717) is 11.4 Å². The Morgan fingerprint density at radius 2 is 2.00 bits per heavy atom. The molecule has 25 heavy (non-hydrogen) atoms. The highest BCUT2D eigenvalue weighted by molar-refractivity contribution is 5.83. The number of nitrogens with zero attached hydrogens (tertiary/aromatic N) is 2. The van der Waals surface area contributed by atoms with Gasteiger partial charge in [-0.15, -0.1) is 0 Å². The van der Waals surface area contributed by atoms with Gasteiger partial charge >= 0.3 is 0 Å². The Balaban J connectivity index is 1.76. The van der Waals surface area contributed by atoms with Crippen molar-refractivity contribution >= 4 is 39.8 Å². The molecule has 0 amide bonds. The van der Waals surface area contributed by atoms with Crippen molar-refractivity contribution in [1.29, 1.82) is 0 Å². The molecule has 0 aliphatic rings. The predicted molar refractivity (Wildman–Crippen MR) is 94.2 cm³/mol. The molecular formula is C18H11N3O4. The third kappa shape index (κ3) is 2.67. The average molecular weight is 333 g/mol. The van der Waals surface area contributed by atoms with Crippen molar-refractivity contribution in [2.75, 3.05) is 0 Å². The summed E-state index contributed by atoms with van der Waals surface area (Å²) in [6.07, 6.45) is 4.56. The number of hydrogen-bond donors (Lipinski definition) is 1. The summed E-state index contributed by atoms with van der Waals surface area (Å²) in [6, 6.07) is 11.5. The van der Waals surface area contributed by atoms with Gasteiger partial charge in [0.05, 0.1) is 26.9 Å². The normalized spacial score (nSPS) is 11.5. The van der Waals surface area contributed by atoms with Gasteiger partial charge in [0.25, 0.3) is 5.69 Å². The van der Waals surface area contributed by atoms with Crippen molar-refractivity contribution in [2.24, 2.45) is 0 Å². The van der Waals surface area contributed by atoms with E-state index in [-0.39, 0.29) is 22.1 Å². The van der Waals surface area contributed by atoms with Gasteiger partial charge < -0.3 is 9.40 Å². The van der Waals surface area contributed by atoms with Gasteiger partial charge in [0, 0.05) is 12.1 Å². The number of aromatic amines is 1. The number of aromatic nitrogens is 2. The summed E-state index contributed by atoms with van der Waals surface area (Å²) in [5.74, 6) is 0.597. The number of nitro groups is 1. The Hall–Kier alpha value is -3.74. The van der Waals surface area contributed by atoms with E-state index in [1.54, 1.807) is 12.2 Å². The fourth-order valence-corrected chi connectivity index (χ4v) is 2.58. The number of rotatable bonds is 3. The molecule has 0 fully saturated rings. The molecule has 0 atom stereocenters. The first kappa shape index (κ1) is 14.8. The van der Waals surface area contributed by atoms with Gasteiger partial charge in [-0.3, -0.25) is 14.9 Å². The van der Waals surface area contributed by atoms with E-state index in [4.69, 9.17) is 4.42 Å². The molecule has 7 heteroatoms. The number of H-pyrrole nitrogens is 1. The summed E-state index contributed by atoms with van der Waals surface area (Å²) >= 11 is 0. The van der Waals surface area contributed by atoms with Crippen molar-refractivity contribution in [1.82, 2.24) is 9.97 Å². The summed E-state index contributed by atoms with van der Waals surface area (Å²) in [6.45, 7) is 0. The zero-order chi connectivity index (χ0) is 17.4. The van der Waals surface area contributed by atoms with E-state index >= 15 is 0 Å². The second-order valence-electron chi connectivity index (χ2n) is 5.43. The fourth-order valence-electron chi connectivity index (χ4n) is 2.58. The molecule has 0 aliphatic heterocycles. The van der Waals surface area contributed by atoms with E-state index < -0.39 is 4.92 Å². The van der Waals surface area contributed by atoms with Crippen LogP contribution in [0, 0.1) is 10.1 Å². The zero-order valence-electron chi connectivity index (χ0n) is 12.8. The fraction of sp³-hybridized carbons (Fsp3) is 0. The monoisotopic (exact) mass is 333 g/mol. The van der Waals surface area contributed by atoms with Gasteiger partial charge in [-0.25, -0.2) is 4.98 Å². The smallest absolute Gasteiger partial charge is 0.270 e. The number of para-hydroxylation sites is 2. The summed E-state index contributed by atoms with van der Waals surface area (Å²) in [5, 5.41) is 11.1. The second kappa shape index (κ2) is 5.72. The van der Waals surface area contributed by atoms with Gasteiger partial charge in [0.1, 0.15) is 17.7 Å². The molecule has 122 valence electrons. The van der Waals surface area contributed by atoms with Gasteiger partial charge in [-0.2, -0.15) is 0 Å².